The Balaban J connectivity index is 1.83. The average Bonchev–Trinajstić information content (AvgIpc) is 2.90. The molecule has 4 heteroatoms. The Hall–Kier alpha value is -0.710. The van der Waals surface area contributed by atoms with Crippen molar-refractivity contribution in [3.05, 3.63) is 55.4 Å². The second kappa shape index (κ2) is 6.59. The summed E-state index contributed by atoms with van der Waals surface area (Å²) in [4.78, 5) is 2.97. The first-order chi connectivity index (χ1) is 10.2. The van der Waals surface area contributed by atoms with Gasteiger partial charge in [0.25, 0.3) is 0 Å². The van der Waals surface area contributed by atoms with Gasteiger partial charge in [-0.1, -0.05) is 22.0 Å². The molecule has 0 saturated heterocycles. The predicted molar refractivity (Wildman–Crippen MR) is 90.6 cm³/mol. The van der Waals surface area contributed by atoms with Crippen LogP contribution >= 0.6 is 27.3 Å². The highest BCUT2D eigenvalue weighted by Crippen LogP contribution is 2.34. The van der Waals surface area contributed by atoms with Crippen molar-refractivity contribution in [2.75, 3.05) is 7.05 Å². The largest absolute Gasteiger partial charge is 0.312 e. The van der Waals surface area contributed by atoms with Crippen molar-refractivity contribution in [2.24, 2.45) is 0 Å². The molecular weight excluding hydrogens is 349 g/mol. The molecule has 0 saturated carbocycles. The van der Waals surface area contributed by atoms with E-state index in [0.717, 1.165) is 16.5 Å². The van der Waals surface area contributed by atoms with Crippen LogP contribution in [0, 0.1) is 5.82 Å². The van der Waals surface area contributed by atoms with Crippen LogP contribution in [0.4, 0.5) is 4.39 Å². The minimum atomic E-state index is -0.196. The summed E-state index contributed by atoms with van der Waals surface area (Å²) in [6.07, 6.45) is 5.97. The molecule has 1 atom stereocenters. The molecule has 1 aliphatic carbocycles. The van der Waals surface area contributed by atoms with Gasteiger partial charge in [-0.3, -0.25) is 0 Å². The van der Waals surface area contributed by atoms with Gasteiger partial charge in [-0.25, -0.2) is 4.39 Å². The van der Waals surface area contributed by atoms with E-state index >= 15 is 0 Å². The standard InChI is InChI=1S/C17H19BrFNS/c1-20-15(8-11-6-7-13(19)10-14(11)18)17-9-12-4-2-3-5-16(12)21-17/h6-7,9-10,15,20H,2-5,8H2,1H3. The lowest BCUT2D eigenvalue weighted by atomic mass is 9.98. The molecule has 2 aromatic rings. The lowest BCUT2D eigenvalue weighted by molar-refractivity contribution is 0.595. The van der Waals surface area contributed by atoms with Gasteiger partial charge >= 0.3 is 0 Å². The molecule has 1 aliphatic rings. The number of nitrogens with one attached hydrogen (secondary N) is 1. The van der Waals surface area contributed by atoms with Gasteiger partial charge in [0, 0.05) is 20.3 Å². The van der Waals surface area contributed by atoms with Crippen LogP contribution in [-0.4, -0.2) is 7.05 Å². The number of hydrogen-bond donors (Lipinski definition) is 1. The van der Waals surface area contributed by atoms with Gasteiger partial charge in [-0.2, -0.15) is 0 Å². The number of aryl methyl sites for hydroxylation is 2. The van der Waals surface area contributed by atoms with E-state index in [4.69, 9.17) is 0 Å². The maximum absolute atomic E-state index is 13.2. The lowest BCUT2D eigenvalue weighted by Crippen LogP contribution is -2.18. The Labute approximate surface area is 137 Å². The van der Waals surface area contributed by atoms with E-state index in [1.54, 1.807) is 16.5 Å². The Morgan fingerprint density at radius 2 is 2.10 bits per heavy atom. The van der Waals surface area contributed by atoms with E-state index in [-0.39, 0.29) is 5.82 Å². The van der Waals surface area contributed by atoms with Crippen molar-refractivity contribution in [1.29, 1.82) is 0 Å². The van der Waals surface area contributed by atoms with Crippen molar-refractivity contribution >= 4 is 27.3 Å². The molecule has 1 nitrogen and oxygen atoms in total. The molecule has 0 amide bonds. The third kappa shape index (κ3) is 3.38. The van der Waals surface area contributed by atoms with Crippen LogP contribution in [-0.2, 0) is 19.3 Å². The van der Waals surface area contributed by atoms with Crippen LogP contribution in [0.5, 0.6) is 0 Å². The first-order valence-corrected chi connectivity index (χ1v) is 9.01. The van der Waals surface area contributed by atoms with E-state index in [9.17, 15) is 4.39 Å². The van der Waals surface area contributed by atoms with Gasteiger partial charge in [-0.15, -0.1) is 11.3 Å². The first kappa shape index (κ1) is 15.2. The molecule has 1 heterocycles. The molecule has 1 aromatic heterocycles. The number of benzene rings is 1. The van der Waals surface area contributed by atoms with E-state index < -0.39 is 0 Å². The summed E-state index contributed by atoms with van der Waals surface area (Å²) in [6.45, 7) is 0. The number of hydrogen-bond acceptors (Lipinski definition) is 2. The topological polar surface area (TPSA) is 12.0 Å². The summed E-state index contributed by atoms with van der Waals surface area (Å²) in [5.74, 6) is -0.196. The van der Waals surface area contributed by atoms with Gasteiger partial charge in [0.1, 0.15) is 5.82 Å². The summed E-state index contributed by atoms with van der Waals surface area (Å²) in [5, 5.41) is 3.41. The fraction of sp³-hybridized carbons (Fsp3) is 0.412. The molecule has 0 spiro atoms. The fourth-order valence-electron chi connectivity index (χ4n) is 2.94. The summed E-state index contributed by atoms with van der Waals surface area (Å²) < 4.78 is 14.1. The second-order valence-electron chi connectivity index (χ2n) is 5.59. The Morgan fingerprint density at radius 1 is 1.29 bits per heavy atom. The smallest absolute Gasteiger partial charge is 0.124 e. The quantitative estimate of drug-likeness (QED) is 0.798. The molecular formula is C17H19BrFNS. The van der Waals surface area contributed by atoms with Crippen molar-refractivity contribution in [2.45, 2.75) is 38.1 Å². The zero-order valence-corrected chi connectivity index (χ0v) is 14.5. The molecule has 0 aliphatic heterocycles. The summed E-state index contributed by atoms with van der Waals surface area (Å²) >= 11 is 5.41. The molecule has 1 aromatic carbocycles. The van der Waals surface area contributed by atoms with Crippen LogP contribution in [0.2, 0.25) is 0 Å². The number of rotatable bonds is 4. The van der Waals surface area contributed by atoms with Crippen molar-refractivity contribution < 1.29 is 4.39 Å². The first-order valence-electron chi connectivity index (χ1n) is 7.40. The molecule has 0 radical (unpaired) electrons. The highest BCUT2D eigenvalue weighted by molar-refractivity contribution is 9.10. The van der Waals surface area contributed by atoms with Gasteiger partial charge < -0.3 is 5.32 Å². The summed E-state index contributed by atoms with van der Waals surface area (Å²) in [6, 6.07) is 7.62. The highest BCUT2D eigenvalue weighted by atomic mass is 79.9. The van der Waals surface area contributed by atoms with Gasteiger partial charge in [0.2, 0.25) is 0 Å². The normalized spacial score (nSPS) is 15.8. The van der Waals surface area contributed by atoms with E-state index in [0.29, 0.717) is 6.04 Å². The average molecular weight is 368 g/mol. The van der Waals surface area contributed by atoms with Crippen molar-refractivity contribution in [1.82, 2.24) is 5.32 Å². The summed E-state index contributed by atoms with van der Waals surface area (Å²) in [7, 11) is 2.00. The maximum atomic E-state index is 13.2. The number of likely N-dealkylation sites (N-methyl/N-ethyl adjacent to an activating group) is 1. The van der Waals surface area contributed by atoms with Gasteiger partial charge in [-0.05, 0) is 68.5 Å². The molecule has 0 fully saturated rings. The Bertz CT molecular complexity index is 614. The van der Waals surface area contributed by atoms with Crippen LogP contribution in [0.25, 0.3) is 0 Å². The van der Waals surface area contributed by atoms with Crippen LogP contribution in [0.15, 0.2) is 28.7 Å². The zero-order valence-electron chi connectivity index (χ0n) is 12.1. The SMILES string of the molecule is CNC(Cc1ccc(F)cc1Br)c1cc2c(s1)CCCC2. The predicted octanol–water partition coefficient (Wildman–Crippen LogP) is 5.03. The Morgan fingerprint density at radius 3 is 2.81 bits per heavy atom. The molecule has 112 valence electrons. The maximum Gasteiger partial charge on any atom is 0.124 e. The Kier molecular flexibility index (Phi) is 4.77. The minimum absolute atomic E-state index is 0.196. The molecule has 1 N–H and O–H groups in total. The molecule has 1 unspecified atom stereocenters. The van der Waals surface area contributed by atoms with Crippen molar-refractivity contribution in [3.8, 4) is 0 Å². The molecule has 21 heavy (non-hydrogen) atoms. The molecule has 0 bridgehead atoms. The third-order valence-electron chi connectivity index (χ3n) is 4.15. The van der Waals surface area contributed by atoms with E-state index in [1.807, 2.05) is 24.5 Å². The van der Waals surface area contributed by atoms with Crippen LogP contribution in [0.1, 0.15) is 39.8 Å². The minimum Gasteiger partial charge on any atom is -0.312 e. The van der Waals surface area contributed by atoms with E-state index in [1.165, 1.54) is 36.6 Å². The number of halogens is 2. The highest BCUT2D eigenvalue weighted by Gasteiger charge is 2.19. The number of thiophene rings is 1. The third-order valence-corrected chi connectivity index (χ3v) is 6.24. The molecule has 3 rings (SSSR count). The number of fused-ring (bicyclic) bond motifs is 1. The van der Waals surface area contributed by atoms with Gasteiger partial charge in [0.05, 0.1) is 0 Å². The fourth-order valence-corrected chi connectivity index (χ4v) is 4.82. The van der Waals surface area contributed by atoms with Crippen LogP contribution < -0.4 is 5.32 Å². The lowest BCUT2D eigenvalue weighted by Gasteiger charge is -2.15. The van der Waals surface area contributed by atoms with Crippen molar-refractivity contribution in [3.63, 3.8) is 0 Å². The zero-order chi connectivity index (χ0) is 14.8. The second-order valence-corrected chi connectivity index (χ2v) is 7.61. The van der Waals surface area contributed by atoms with Crippen LogP contribution in [0.3, 0.4) is 0 Å². The summed E-state index contributed by atoms with van der Waals surface area (Å²) in [5.41, 5.74) is 2.68. The monoisotopic (exact) mass is 367 g/mol. The van der Waals surface area contributed by atoms with E-state index in [2.05, 4.69) is 27.3 Å². The van der Waals surface area contributed by atoms with Gasteiger partial charge in [0.15, 0.2) is 0 Å².